The summed E-state index contributed by atoms with van der Waals surface area (Å²) < 4.78 is 10.7. The van der Waals surface area contributed by atoms with Crippen LogP contribution in [0.1, 0.15) is 10.4 Å². The number of thiazole rings is 1. The van der Waals surface area contributed by atoms with Crippen molar-refractivity contribution in [3.63, 3.8) is 0 Å². The smallest absolute Gasteiger partial charge is 0.343 e. The maximum atomic E-state index is 12.5. The molecule has 8 heteroatoms. The average molecular weight is 445 g/mol. The van der Waals surface area contributed by atoms with Crippen molar-refractivity contribution in [2.24, 2.45) is 16.5 Å². The summed E-state index contributed by atoms with van der Waals surface area (Å²) in [4.78, 5) is 20.8. The molecule has 1 heterocycles. The Bertz CT molecular complexity index is 1240. The Hall–Kier alpha value is -4.17. The maximum Gasteiger partial charge on any atom is 0.343 e. The molecule has 32 heavy (non-hydrogen) atoms. The molecular formula is C24H20N4O3S. The van der Waals surface area contributed by atoms with Crippen LogP contribution in [0.5, 0.6) is 11.5 Å². The van der Waals surface area contributed by atoms with E-state index in [0.29, 0.717) is 16.4 Å². The zero-order valence-electron chi connectivity index (χ0n) is 17.2. The number of hydrogen-bond donors (Lipinski definition) is 2. The van der Waals surface area contributed by atoms with Gasteiger partial charge >= 0.3 is 5.97 Å². The molecule has 4 aromatic rings. The van der Waals surface area contributed by atoms with Crippen LogP contribution in [0.4, 0.5) is 5.13 Å². The Morgan fingerprint density at radius 1 is 0.844 bits per heavy atom. The monoisotopic (exact) mass is 444 g/mol. The summed E-state index contributed by atoms with van der Waals surface area (Å²) in [5.74, 6) is 0.773. The molecule has 160 valence electrons. The van der Waals surface area contributed by atoms with E-state index >= 15 is 0 Å². The van der Waals surface area contributed by atoms with Gasteiger partial charge in [0.2, 0.25) is 5.13 Å². The molecule has 0 bridgehead atoms. The van der Waals surface area contributed by atoms with Crippen molar-refractivity contribution in [2.45, 2.75) is 0 Å². The molecule has 0 saturated heterocycles. The lowest BCUT2D eigenvalue weighted by Gasteiger charge is -2.07. The molecule has 0 aliphatic heterocycles. The zero-order valence-corrected chi connectivity index (χ0v) is 18.0. The van der Waals surface area contributed by atoms with Crippen molar-refractivity contribution in [1.82, 2.24) is 4.98 Å². The first-order valence-electron chi connectivity index (χ1n) is 9.64. The summed E-state index contributed by atoms with van der Waals surface area (Å²) in [5.41, 5.74) is 14.9. The van der Waals surface area contributed by atoms with Gasteiger partial charge in [-0.15, -0.1) is 11.3 Å². The molecule has 1 aromatic heterocycles. The van der Waals surface area contributed by atoms with Crippen LogP contribution in [0, 0.1) is 0 Å². The topological polar surface area (TPSA) is 113 Å². The number of methoxy groups -OCH3 is 1. The van der Waals surface area contributed by atoms with E-state index in [4.69, 9.17) is 20.9 Å². The fourth-order valence-corrected chi connectivity index (χ4v) is 3.72. The van der Waals surface area contributed by atoms with Gasteiger partial charge in [-0.1, -0.05) is 24.3 Å². The number of ether oxygens (including phenoxy) is 2. The highest BCUT2D eigenvalue weighted by molar-refractivity contribution is 7.13. The van der Waals surface area contributed by atoms with Gasteiger partial charge in [0.05, 0.1) is 18.4 Å². The first-order chi connectivity index (χ1) is 15.5. The van der Waals surface area contributed by atoms with Gasteiger partial charge in [0.1, 0.15) is 11.5 Å². The number of nitrogens with two attached hydrogens (primary N) is 2. The van der Waals surface area contributed by atoms with Crippen LogP contribution in [0.2, 0.25) is 0 Å². The largest absolute Gasteiger partial charge is 0.497 e. The number of nitrogens with zero attached hydrogens (tertiary/aromatic N) is 2. The Morgan fingerprint density at radius 2 is 1.41 bits per heavy atom. The highest BCUT2D eigenvalue weighted by atomic mass is 32.1. The number of rotatable bonds is 6. The molecule has 0 spiro atoms. The maximum absolute atomic E-state index is 12.5. The molecule has 0 fully saturated rings. The Kier molecular flexibility index (Phi) is 6.14. The number of carbonyl (C=O) groups is 1. The number of aromatic nitrogens is 1. The van der Waals surface area contributed by atoms with E-state index in [1.807, 2.05) is 53.9 Å². The van der Waals surface area contributed by atoms with Crippen LogP contribution in [0.3, 0.4) is 0 Å². The molecule has 0 saturated carbocycles. The van der Waals surface area contributed by atoms with Crippen molar-refractivity contribution in [1.29, 1.82) is 0 Å². The summed E-state index contributed by atoms with van der Waals surface area (Å²) in [6.45, 7) is 0. The van der Waals surface area contributed by atoms with E-state index in [9.17, 15) is 4.79 Å². The minimum Gasteiger partial charge on any atom is -0.497 e. The van der Waals surface area contributed by atoms with Gasteiger partial charge in [-0.3, -0.25) is 0 Å². The van der Waals surface area contributed by atoms with Gasteiger partial charge in [0, 0.05) is 10.9 Å². The average Bonchev–Trinajstić information content (AvgIpc) is 3.27. The van der Waals surface area contributed by atoms with Crippen LogP contribution in [0.15, 0.2) is 83.2 Å². The van der Waals surface area contributed by atoms with E-state index in [-0.39, 0.29) is 5.96 Å². The quantitative estimate of drug-likeness (QED) is 0.194. The Morgan fingerprint density at radius 3 is 2.00 bits per heavy atom. The highest BCUT2D eigenvalue weighted by Crippen LogP contribution is 2.28. The van der Waals surface area contributed by atoms with Gasteiger partial charge in [-0.2, -0.15) is 4.99 Å². The van der Waals surface area contributed by atoms with Gasteiger partial charge in [0.25, 0.3) is 0 Å². The first kappa shape index (κ1) is 21.1. The van der Waals surface area contributed by atoms with Crippen molar-refractivity contribution < 1.29 is 14.3 Å². The normalized spacial score (nSPS) is 10.4. The third kappa shape index (κ3) is 4.93. The SMILES string of the molecule is COc1ccc(-c2ccc(C(=O)Oc3ccc(-c4csc(N=C(N)N)n4)cc3)cc2)cc1. The van der Waals surface area contributed by atoms with E-state index in [2.05, 4.69) is 9.98 Å². The number of benzene rings is 3. The molecule has 0 amide bonds. The second kappa shape index (κ2) is 9.32. The fourth-order valence-electron chi connectivity index (χ4n) is 3.00. The molecular weight excluding hydrogens is 424 g/mol. The summed E-state index contributed by atoms with van der Waals surface area (Å²) in [6.07, 6.45) is 0. The summed E-state index contributed by atoms with van der Waals surface area (Å²) in [6, 6.07) is 22.1. The summed E-state index contributed by atoms with van der Waals surface area (Å²) in [7, 11) is 1.63. The highest BCUT2D eigenvalue weighted by Gasteiger charge is 2.10. The Balaban J connectivity index is 1.42. The van der Waals surface area contributed by atoms with Crippen LogP contribution in [0.25, 0.3) is 22.4 Å². The molecule has 0 aliphatic carbocycles. The summed E-state index contributed by atoms with van der Waals surface area (Å²) >= 11 is 1.34. The molecule has 4 rings (SSSR count). The predicted octanol–water partition coefficient (Wildman–Crippen LogP) is 4.61. The van der Waals surface area contributed by atoms with Crippen molar-refractivity contribution in [3.8, 4) is 33.9 Å². The lowest BCUT2D eigenvalue weighted by atomic mass is 10.0. The van der Waals surface area contributed by atoms with E-state index in [1.54, 1.807) is 31.4 Å². The van der Waals surface area contributed by atoms with E-state index in [0.717, 1.165) is 28.1 Å². The second-order valence-corrected chi connectivity index (χ2v) is 7.61. The zero-order chi connectivity index (χ0) is 22.5. The number of guanidine groups is 1. The fraction of sp³-hybridized carbons (Fsp3) is 0.0417. The van der Waals surface area contributed by atoms with E-state index in [1.165, 1.54) is 11.3 Å². The minimum atomic E-state index is -0.428. The number of hydrogen-bond acceptors (Lipinski definition) is 6. The van der Waals surface area contributed by atoms with Crippen molar-refractivity contribution >= 4 is 28.4 Å². The molecule has 0 atom stereocenters. The van der Waals surface area contributed by atoms with Gasteiger partial charge < -0.3 is 20.9 Å². The number of carbonyl (C=O) groups excluding carboxylic acids is 1. The van der Waals surface area contributed by atoms with Crippen LogP contribution < -0.4 is 20.9 Å². The van der Waals surface area contributed by atoms with Crippen molar-refractivity contribution in [2.75, 3.05) is 7.11 Å². The Labute approximate surface area is 189 Å². The molecule has 0 unspecified atom stereocenters. The van der Waals surface area contributed by atoms with Gasteiger partial charge in [0.15, 0.2) is 5.96 Å². The van der Waals surface area contributed by atoms with Crippen LogP contribution in [-0.4, -0.2) is 24.0 Å². The van der Waals surface area contributed by atoms with Crippen LogP contribution >= 0.6 is 11.3 Å². The third-order valence-corrected chi connectivity index (χ3v) is 5.36. The minimum absolute atomic E-state index is 0.0369. The number of aliphatic imine (C=N–C) groups is 1. The van der Waals surface area contributed by atoms with Gasteiger partial charge in [-0.05, 0) is 59.7 Å². The predicted molar refractivity (Wildman–Crippen MR) is 126 cm³/mol. The molecule has 0 radical (unpaired) electrons. The summed E-state index contributed by atoms with van der Waals surface area (Å²) in [5, 5.41) is 2.33. The van der Waals surface area contributed by atoms with Crippen molar-refractivity contribution in [3.05, 3.63) is 83.7 Å². The number of esters is 1. The molecule has 3 aromatic carbocycles. The lowest BCUT2D eigenvalue weighted by Crippen LogP contribution is -2.21. The van der Waals surface area contributed by atoms with E-state index < -0.39 is 5.97 Å². The van der Waals surface area contributed by atoms with Gasteiger partial charge in [-0.25, -0.2) is 9.78 Å². The molecule has 7 nitrogen and oxygen atoms in total. The standard InChI is InChI=1S/C24H20N4O3S/c1-30-19-10-6-16(7-11-19)15-2-4-18(5-3-15)22(29)31-20-12-8-17(9-13-20)21-14-32-24(27-21)28-23(25)26/h2-14H,1H3,(H4,25,26,27,28). The molecule has 0 aliphatic rings. The lowest BCUT2D eigenvalue weighted by molar-refractivity contribution is 0.0735. The molecule has 4 N–H and O–H groups in total. The first-order valence-corrected chi connectivity index (χ1v) is 10.5. The second-order valence-electron chi connectivity index (χ2n) is 6.77. The van der Waals surface area contributed by atoms with Crippen LogP contribution in [-0.2, 0) is 0 Å². The third-order valence-electron chi connectivity index (χ3n) is 4.62.